The zero-order valence-electron chi connectivity index (χ0n) is 10.6. The van der Waals surface area contributed by atoms with Gasteiger partial charge in [-0.2, -0.15) is 0 Å². The zero-order chi connectivity index (χ0) is 12.8. The molecule has 0 bridgehead atoms. The first kappa shape index (κ1) is 13.3. The third-order valence-corrected chi connectivity index (χ3v) is 3.27. The van der Waals surface area contributed by atoms with Crippen LogP contribution < -0.4 is 5.32 Å². The first-order valence-electron chi connectivity index (χ1n) is 6.61. The Morgan fingerprint density at radius 2 is 2.11 bits per heavy atom. The highest BCUT2D eigenvalue weighted by atomic mass is 16.3. The zero-order valence-corrected chi connectivity index (χ0v) is 10.6. The van der Waals surface area contributed by atoms with E-state index in [1.165, 1.54) is 0 Å². The number of nitrogens with zero attached hydrogens (tertiary/aromatic N) is 1. The molecule has 2 rings (SSSR count). The fraction of sp³-hybridized carbons (Fsp3) is 0.571. The lowest BCUT2D eigenvalue weighted by molar-refractivity contribution is 0.0428. The lowest BCUT2D eigenvalue weighted by Crippen LogP contribution is -2.43. The van der Waals surface area contributed by atoms with Gasteiger partial charge in [0.2, 0.25) is 0 Å². The van der Waals surface area contributed by atoms with Gasteiger partial charge in [-0.05, 0) is 31.5 Å². The normalized spacial score (nSPS) is 22.7. The molecular weight excluding hydrogens is 228 g/mol. The maximum absolute atomic E-state index is 9.96. The molecule has 2 atom stereocenters. The minimum absolute atomic E-state index is 0.229. The van der Waals surface area contributed by atoms with Crippen LogP contribution in [0.4, 0.5) is 5.69 Å². The number of aliphatic hydroxyl groups excluding tert-OH is 2. The highest BCUT2D eigenvalue weighted by Crippen LogP contribution is 2.10. The van der Waals surface area contributed by atoms with E-state index in [4.69, 9.17) is 0 Å². The van der Waals surface area contributed by atoms with Gasteiger partial charge in [0.1, 0.15) is 0 Å². The van der Waals surface area contributed by atoms with Gasteiger partial charge in [0.05, 0.1) is 12.2 Å². The molecule has 1 aromatic carbocycles. The largest absolute Gasteiger partial charge is 0.392 e. The number of nitrogens with one attached hydrogen (secondary N) is 1. The third-order valence-electron chi connectivity index (χ3n) is 3.27. The Hall–Kier alpha value is -1.10. The smallest absolute Gasteiger partial charge is 0.0839 e. The minimum Gasteiger partial charge on any atom is -0.392 e. The van der Waals surface area contributed by atoms with Crippen LogP contribution in [-0.2, 0) is 0 Å². The van der Waals surface area contributed by atoms with Crippen LogP contribution in [0.3, 0.4) is 0 Å². The van der Waals surface area contributed by atoms with Gasteiger partial charge in [-0.25, -0.2) is 0 Å². The Balaban J connectivity index is 1.70. The molecule has 1 fully saturated rings. The van der Waals surface area contributed by atoms with Gasteiger partial charge in [0.15, 0.2) is 0 Å². The molecule has 0 aliphatic carbocycles. The first-order chi connectivity index (χ1) is 8.74. The number of anilines is 1. The highest BCUT2D eigenvalue weighted by Gasteiger charge is 2.19. The molecule has 1 aliphatic heterocycles. The molecule has 100 valence electrons. The van der Waals surface area contributed by atoms with E-state index in [9.17, 15) is 10.2 Å². The Morgan fingerprint density at radius 1 is 1.33 bits per heavy atom. The van der Waals surface area contributed by atoms with E-state index in [1.807, 2.05) is 30.3 Å². The predicted molar refractivity (Wildman–Crippen MR) is 72.6 cm³/mol. The Bertz CT molecular complexity index is 345. The maximum atomic E-state index is 9.96. The van der Waals surface area contributed by atoms with Crippen molar-refractivity contribution in [2.24, 2.45) is 0 Å². The summed E-state index contributed by atoms with van der Waals surface area (Å²) < 4.78 is 0. The van der Waals surface area contributed by atoms with Crippen LogP contribution in [0.2, 0.25) is 0 Å². The van der Waals surface area contributed by atoms with Crippen molar-refractivity contribution in [3.05, 3.63) is 30.3 Å². The molecule has 1 aliphatic rings. The summed E-state index contributed by atoms with van der Waals surface area (Å²) in [6.07, 6.45) is 1.26. The van der Waals surface area contributed by atoms with E-state index >= 15 is 0 Å². The van der Waals surface area contributed by atoms with Crippen LogP contribution in [0.25, 0.3) is 0 Å². The van der Waals surface area contributed by atoms with Crippen molar-refractivity contribution in [3.8, 4) is 0 Å². The summed E-state index contributed by atoms with van der Waals surface area (Å²) >= 11 is 0. The Morgan fingerprint density at radius 3 is 2.83 bits per heavy atom. The monoisotopic (exact) mass is 250 g/mol. The molecule has 18 heavy (non-hydrogen) atoms. The molecule has 4 heteroatoms. The summed E-state index contributed by atoms with van der Waals surface area (Å²) in [5.74, 6) is 0. The average Bonchev–Trinajstić information content (AvgIpc) is 2.38. The quantitative estimate of drug-likeness (QED) is 0.727. The topological polar surface area (TPSA) is 55.7 Å². The Kier molecular flexibility index (Phi) is 4.99. The SMILES string of the molecule is O[C@H]1CCCN(C[C@@H](O)CNc2ccccc2)C1. The van der Waals surface area contributed by atoms with Gasteiger partial charge in [-0.3, -0.25) is 4.90 Å². The first-order valence-corrected chi connectivity index (χ1v) is 6.61. The van der Waals surface area contributed by atoms with E-state index in [0.717, 1.165) is 25.1 Å². The van der Waals surface area contributed by atoms with Gasteiger partial charge in [0, 0.05) is 25.3 Å². The van der Waals surface area contributed by atoms with E-state index in [-0.39, 0.29) is 6.10 Å². The van der Waals surface area contributed by atoms with Crippen molar-refractivity contribution in [2.75, 3.05) is 31.5 Å². The molecule has 1 saturated heterocycles. The molecule has 0 spiro atoms. The fourth-order valence-corrected chi connectivity index (χ4v) is 2.35. The number of β-amino-alcohol motifs (C(OH)–C–C–N with tert-alkyl or cyclic N) is 2. The number of aliphatic hydroxyl groups is 2. The summed E-state index contributed by atoms with van der Waals surface area (Å²) in [5.41, 5.74) is 1.02. The van der Waals surface area contributed by atoms with Crippen molar-refractivity contribution < 1.29 is 10.2 Å². The van der Waals surface area contributed by atoms with E-state index < -0.39 is 6.10 Å². The number of benzene rings is 1. The molecule has 4 nitrogen and oxygen atoms in total. The average molecular weight is 250 g/mol. The van der Waals surface area contributed by atoms with Gasteiger partial charge >= 0.3 is 0 Å². The lowest BCUT2D eigenvalue weighted by atomic mass is 10.1. The molecule has 0 radical (unpaired) electrons. The second-order valence-corrected chi connectivity index (χ2v) is 4.96. The lowest BCUT2D eigenvalue weighted by Gasteiger charge is -2.31. The number of hydrogen-bond donors (Lipinski definition) is 3. The third kappa shape index (κ3) is 4.29. The summed E-state index contributed by atoms with van der Waals surface area (Å²) in [4.78, 5) is 2.13. The molecular formula is C14H22N2O2. The van der Waals surface area contributed by atoms with Gasteiger partial charge in [-0.1, -0.05) is 18.2 Å². The highest BCUT2D eigenvalue weighted by molar-refractivity contribution is 5.42. The molecule has 1 heterocycles. The van der Waals surface area contributed by atoms with Crippen molar-refractivity contribution in [1.82, 2.24) is 4.90 Å². The van der Waals surface area contributed by atoms with Gasteiger partial charge in [-0.15, -0.1) is 0 Å². The van der Waals surface area contributed by atoms with Crippen LogP contribution in [0, 0.1) is 0 Å². The van der Waals surface area contributed by atoms with Gasteiger partial charge in [0.25, 0.3) is 0 Å². The van der Waals surface area contributed by atoms with Crippen LogP contribution in [0.5, 0.6) is 0 Å². The number of piperidine rings is 1. The van der Waals surface area contributed by atoms with Crippen LogP contribution in [0.1, 0.15) is 12.8 Å². The minimum atomic E-state index is -0.407. The van der Waals surface area contributed by atoms with Crippen LogP contribution in [-0.4, -0.2) is 53.5 Å². The van der Waals surface area contributed by atoms with Crippen LogP contribution in [0.15, 0.2) is 30.3 Å². The molecule has 0 saturated carbocycles. The molecule has 1 aromatic rings. The molecule has 0 aromatic heterocycles. The van der Waals surface area contributed by atoms with E-state index in [1.54, 1.807) is 0 Å². The number of likely N-dealkylation sites (tertiary alicyclic amines) is 1. The summed E-state index contributed by atoms with van der Waals surface area (Å²) in [6, 6.07) is 9.87. The summed E-state index contributed by atoms with van der Waals surface area (Å²) in [6.45, 7) is 2.81. The van der Waals surface area contributed by atoms with Crippen molar-refractivity contribution in [2.45, 2.75) is 25.0 Å². The summed E-state index contributed by atoms with van der Waals surface area (Å²) in [5, 5.41) is 22.7. The standard InChI is InChI=1S/C14H22N2O2/c17-13-7-4-8-16(10-13)11-14(18)9-15-12-5-2-1-3-6-12/h1-3,5-6,13-15,17-18H,4,7-11H2/t13-,14-/m0/s1. The summed E-state index contributed by atoms with van der Waals surface area (Å²) in [7, 11) is 0. The second-order valence-electron chi connectivity index (χ2n) is 4.96. The van der Waals surface area contributed by atoms with Crippen molar-refractivity contribution in [1.29, 1.82) is 0 Å². The predicted octanol–water partition coefficient (Wildman–Crippen LogP) is 0.916. The number of para-hydroxylation sites is 1. The molecule has 3 N–H and O–H groups in total. The molecule has 0 amide bonds. The second kappa shape index (κ2) is 6.73. The Labute approximate surface area is 108 Å². The van der Waals surface area contributed by atoms with Crippen molar-refractivity contribution in [3.63, 3.8) is 0 Å². The van der Waals surface area contributed by atoms with Gasteiger partial charge < -0.3 is 15.5 Å². The number of rotatable bonds is 5. The van der Waals surface area contributed by atoms with Crippen molar-refractivity contribution >= 4 is 5.69 Å². The van der Waals surface area contributed by atoms with E-state index in [0.29, 0.717) is 19.6 Å². The fourth-order valence-electron chi connectivity index (χ4n) is 2.35. The van der Waals surface area contributed by atoms with Crippen LogP contribution >= 0.6 is 0 Å². The maximum Gasteiger partial charge on any atom is 0.0839 e. The van der Waals surface area contributed by atoms with E-state index in [2.05, 4.69) is 10.2 Å². The molecule has 0 unspecified atom stereocenters. The number of hydrogen-bond acceptors (Lipinski definition) is 4.